The molecule has 1 aromatic rings. The molecule has 0 radical (unpaired) electrons. The smallest absolute Gasteiger partial charge is 0.192 e. The van der Waals surface area contributed by atoms with Crippen LogP contribution >= 0.6 is 0 Å². The molecule has 1 fully saturated rings. The predicted molar refractivity (Wildman–Crippen MR) is 121 cm³/mol. The zero-order valence-electron chi connectivity index (χ0n) is 19.1. The number of rotatable bonds is 10. The van der Waals surface area contributed by atoms with Crippen LogP contribution in [0.3, 0.4) is 0 Å². The van der Waals surface area contributed by atoms with E-state index in [1.807, 2.05) is 30.3 Å². The molecule has 3 atom stereocenters. The first-order valence-corrected chi connectivity index (χ1v) is 14.2. The van der Waals surface area contributed by atoms with Gasteiger partial charge >= 0.3 is 0 Å². The highest BCUT2D eigenvalue weighted by molar-refractivity contribution is 6.74. The van der Waals surface area contributed by atoms with Gasteiger partial charge in [0.1, 0.15) is 12.2 Å². The van der Waals surface area contributed by atoms with Crippen molar-refractivity contribution < 1.29 is 19.4 Å². The van der Waals surface area contributed by atoms with Crippen LogP contribution in [-0.2, 0) is 15.8 Å². The van der Waals surface area contributed by atoms with Gasteiger partial charge in [0.25, 0.3) is 0 Å². The van der Waals surface area contributed by atoms with E-state index in [9.17, 15) is 10.2 Å². The summed E-state index contributed by atoms with van der Waals surface area (Å²) in [7, 11) is -2.05. The van der Waals surface area contributed by atoms with E-state index < -0.39 is 20.5 Å². The number of hydrogen-bond acceptors (Lipinski definition) is 4. The van der Waals surface area contributed by atoms with Crippen LogP contribution in [0.2, 0.25) is 18.1 Å². The lowest BCUT2D eigenvalue weighted by molar-refractivity contribution is -0.120. The lowest BCUT2D eigenvalue weighted by Gasteiger charge is -2.43. The highest BCUT2D eigenvalue weighted by atomic mass is 28.4. The third-order valence-corrected chi connectivity index (χ3v) is 11.3. The molecular weight excluding hydrogens is 380 g/mol. The molecule has 0 aromatic heterocycles. The normalized spacial score (nSPS) is 19.7. The van der Waals surface area contributed by atoms with E-state index in [2.05, 4.69) is 33.9 Å². The fourth-order valence-electron chi connectivity index (χ4n) is 3.89. The molecule has 1 saturated carbocycles. The zero-order chi connectivity index (χ0) is 21.5. The molecular formula is C24H42O4Si. The lowest BCUT2D eigenvalue weighted by Crippen LogP contribution is -2.51. The van der Waals surface area contributed by atoms with Gasteiger partial charge in [-0.2, -0.15) is 0 Å². The lowest BCUT2D eigenvalue weighted by atomic mass is 9.84. The van der Waals surface area contributed by atoms with Crippen molar-refractivity contribution in [3.8, 4) is 0 Å². The minimum Gasteiger partial charge on any atom is -0.411 e. The molecule has 0 aliphatic heterocycles. The Kier molecular flexibility index (Phi) is 9.36. The molecule has 0 spiro atoms. The summed E-state index contributed by atoms with van der Waals surface area (Å²) in [6.07, 6.45) is 5.51. The van der Waals surface area contributed by atoms with Gasteiger partial charge in [0.15, 0.2) is 8.32 Å². The Morgan fingerprint density at radius 2 is 1.69 bits per heavy atom. The van der Waals surface area contributed by atoms with Crippen molar-refractivity contribution in [1.82, 2.24) is 0 Å². The van der Waals surface area contributed by atoms with Crippen molar-refractivity contribution in [2.75, 3.05) is 6.61 Å². The first-order valence-electron chi connectivity index (χ1n) is 11.3. The summed E-state index contributed by atoms with van der Waals surface area (Å²) in [6.45, 7) is 11.3. The monoisotopic (exact) mass is 422 g/mol. The molecule has 4 nitrogen and oxygen atoms in total. The van der Waals surface area contributed by atoms with Crippen molar-refractivity contribution in [1.29, 1.82) is 0 Å². The maximum Gasteiger partial charge on any atom is 0.192 e. The average Bonchev–Trinajstić information content (AvgIpc) is 2.68. The fourth-order valence-corrected chi connectivity index (χ4v) is 5.23. The van der Waals surface area contributed by atoms with Crippen molar-refractivity contribution >= 4 is 8.32 Å². The predicted octanol–water partition coefficient (Wildman–Crippen LogP) is 5.29. The molecule has 166 valence electrons. The van der Waals surface area contributed by atoms with Gasteiger partial charge in [0.2, 0.25) is 0 Å². The molecule has 1 aliphatic carbocycles. The van der Waals surface area contributed by atoms with Crippen molar-refractivity contribution in [3.05, 3.63) is 35.9 Å². The average molecular weight is 423 g/mol. The third-order valence-electron chi connectivity index (χ3n) is 6.76. The molecule has 0 saturated heterocycles. The number of hydrogen-bond donors (Lipinski definition) is 2. The van der Waals surface area contributed by atoms with E-state index in [4.69, 9.17) is 9.16 Å². The summed E-state index contributed by atoms with van der Waals surface area (Å²) in [6, 6.07) is 10.0. The van der Waals surface area contributed by atoms with Crippen LogP contribution in [0, 0.1) is 5.92 Å². The molecule has 29 heavy (non-hydrogen) atoms. The number of ether oxygens (including phenoxy) is 1. The molecule has 0 heterocycles. The van der Waals surface area contributed by atoms with Gasteiger partial charge in [-0.05, 0) is 36.0 Å². The van der Waals surface area contributed by atoms with E-state index in [0.29, 0.717) is 12.5 Å². The van der Waals surface area contributed by atoms with Gasteiger partial charge in [-0.3, -0.25) is 0 Å². The Balaban J connectivity index is 2.21. The third kappa shape index (κ3) is 7.48. The highest BCUT2D eigenvalue weighted by Gasteiger charge is 2.43. The highest BCUT2D eigenvalue weighted by Crippen LogP contribution is 2.40. The van der Waals surface area contributed by atoms with Gasteiger partial charge in [-0.25, -0.2) is 0 Å². The number of aliphatic hydroxyl groups excluding tert-OH is 2. The topological polar surface area (TPSA) is 58.9 Å². The standard InChI is InChI=1S/C24H42O4Si/c1-24(2,3)29(4,5)28-22(16-19-12-8-6-9-13-19)23(21(26)17-25)27-18-20-14-10-7-11-15-20/h7,10-11,14-15,19,21-23,25-26H,6,8-9,12-13,16-18H2,1-5H3/t21-,22+,23+/m0/s1. The summed E-state index contributed by atoms with van der Waals surface area (Å²) >= 11 is 0. The van der Waals surface area contributed by atoms with Gasteiger partial charge in [-0.1, -0.05) is 83.2 Å². The van der Waals surface area contributed by atoms with Crippen LogP contribution in [0.25, 0.3) is 0 Å². The second-order valence-corrected chi connectivity index (χ2v) is 14.9. The van der Waals surface area contributed by atoms with Crippen LogP contribution < -0.4 is 0 Å². The fraction of sp³-hybridized carbons (Fsp3) is 0.750. The number of aliphatic hydroxyl groups is 2. The maximum atomic E-state index is 10.7. The van der Waals surface area contributed by atoms with Gasteiger partial charge in [-0.15, -0.1) is 0 Å². The molecule has 0 amide bonds. The van der Waals surface area contributed by atoms with Crippen molar-refractivity contribution in [3.63, 3.8) is 0 Å². The first-order chi connectivity index (χ1) is 13.6. The summed E-state index contributed by atoms with van der Waals surface area (Å²) in [5.41, 5.74) is 1.06. The Bertz CT molecular complexity index is 578. The number of benzene rings is 1. The van der Waals surface area contributed by atoms with E-state index >= 15 is 0 Å². The van der Waals surface area contributed by atoms with E-state index in [1.165, 1.54) is 32.1 Å². The Hall–Kier alpha value is -0.723. The SMILES string of the molecule is CC(C)(C)[Si](C)(C)O[C@H](CC1CCCCC1)[C@H](OCc1ccccc1)[C@@H](O)CO. The Morgan fingerprint density at radius 3 is 2.24 bits per heavy atom. The molecule has 2 rings (SSSR count). The Labute approximate surface area is 178 Å². The molecule has 1 aromatic carbocycles. The van der Waals surface area contributed by atoms with Gasteiger partial charge < -0.3 is 19.4 Å². The summed E-state index contributed by atoms with van der Waals surface area (Å²) < 4.78 is 13.1. The van der Waals surface area contributed by atoms with Crippen LogP contribution in [-0.4, -0.2) is 43.4 Å². The molecule has 1 aliphatic rings. The quantitative estimate of drug-likeness (QED) is 0.503. The first kappa shape index (κ1) is 24.5. The summed E-state index contributed by atoms with van der Waals surface area (Å²) in [4.78, 5) is 0. The molecule has 0 unspecified atom stereocenters. The van der Waals surface area contributed by atoms with Crippen molar-refractivity contribution in [2.45, 2.75) is 102 Å². The summed E-state index contributed by atoms with van der Waals surface area (Å²) in [5, 5.41) is 20.5. The Morgan fingerprint density at radius 1 is 1.07 bits per heavy atom. The van der Waals surface area contributed by atoms with Gasteiger partial charge in [0, 0.05) is 0 Å². The molecule has 2 N–H and O–H groups in total. The minimum absolute atomic E-state index is 0.0754. The zero-order valence-corrected chi connectivity index (χ0v) is 20.1. The van der Waals surface area contributed by atoms with Crippen LogP contribution in [0.1, 0.15) is 64.9 Å². The van der Waals surface area contributed by atoms with Crippen LogP contribution in [0.5, 0.6) is 0 Å². The molecule has 0 bridgehead atoms. The van der Waals surface area contributed by atoms with Crippen LogP contribution in [0.4, 0.5) is 0 Å². The van der Waals surface area contributed by atoms with Crippen molar-refractivity contribution in [2.24, 2.45) is 5.92 Å². The molecule has 5 heteroatoms. The second kappa shape index (κ2) is 11.1. The second-order valence-electron chi connectivity index (χ2n) is 10.2. The van der Waals surface area contributed by atoms with E-state index in [-0.39, 0.29) is 17.7 Å². The largest absolute Gasteiger partial charge is 0.411 e. The maximum absolute atomic E-state index is 10.7. The van der Waals surface area contributed by atoms with Gasteiger partial charge in [0.05, 0.1) is 19.3 Å². The van der Waals surface area contributed by atoms with E-state index in [0.717, 1.165) is 12.0 Å². The minimum atomic E-state index is -2.05. The van der Waals surface area contributed by atoms with E-state index in [1.54, 1.807) is 0 Å². The van der Waals surface area contributed by atoms with Crippen LogP contribution in [0.15, 0.2) is 30.3 Å². The summed E-state index contributed by atoms with van der Waals surface area (Å²) in [5.74, 6) is 0.604.